The molecule has 0 atom stereocenters. The number of nitrogens with two attached hydrogens (primary N) is 1. The number of hydrogen-bond acceptors (Lipinski definition) is 4. The number of nitrogens with zero attached hydrogens (tertiary/aromatic N) is 3. The molecule has 6 heteroatoms. The number of amides is 1. The fourth-order valence-corrected chi connectivity index (χ4v) is 1.62. The lowest BCUT2D eigenvalue weighted by Gasteiger charge is -2.10. The van der Waals surface area contributed by atoms with Crippen molar-refractivity contribution in [3.63, 3.8) is 0 Å². The van der Waals surface area contributed by atoms with E-state index in [0.717, 1.165) is 25.2 Å². The Morgan fingerprint density at radius 2 is 2.28 bits per heavy atom. The van der Waals surface area contributed by atoms with Crippen LogP contribution in [-0.4, -0.2) is 54.3 Å². The molecule has 0 aromatic carbocycles. The van der Waals surface area contributed by atoms with E-state index >= 15 is 0 Å². The van der Waals surface area contributed by atoms with Gasteiger partial charge in [0.05, 0.1) is 11.8 Å². The quantitative estimate of drug-likeness (QED) is 0.707. The summed E-state index contributed by atoms with van der Waals surface area (Å²) < 4.78 is 1.83. The van der Waals surface area contributed by atoms with Crippen LogP contribution in [0.4, 0.5) is 0 Å². The van der Waals surface area contributed by atoms with Gasteiger partial charge in [0.25, 0.3) is 5.91 Å². The Hall–Kier alpha value is -1.40. The lowest BCUT2D eigenvalue weighted by Crippen LogP contribution is -2.31. The molecule has 0 unspecified atom stereocenters. The zero-order valence-electron chi connectivity index (χ0n) is 11.4. The standard InChI is InChI=1S/C12H23N5O/c1-10-11(9-15-17(10)7-4-5-13)12(18)14-6-8-16(2)3/h9H,4-8,13H2,1-3H3,(H,14,18). The maximum absolute atomic E-state index is 11.9. The van der Waals surface area contributed by atoms with Crippen molar-refractivity contribution in [2.24, 2.45) is 5.73 Å². The molecular weight excluding hydrogens is 230 g/mol. The van der Waals surface area contributed by atoms with Gasteiger partial charge in [0, 0.05) is 25.3 Å². The van der Waals surface area contributed by atoms with Crippen molar-refractivity contribution in [1.82, 2.24) is 20.0 Å². The van der Waals surface area contributed by atoms with E-state index in [2.05, 4.69) is 10.4 Å². The van der Waals surface area contributed by atoms with Crippen LogP contribution in [0, 0.1) is 6.92 Å². The van der Waals surface area contributed by atoms with Gasteiger partial charge in [0.2, 0.25) is 0 Å². The Labute approximate surface area is 108 Å². The topological polar surface area (TPSA) is 76.2 Å². The Bertz CT molecular complexity index is 386. The van der Waals surface area contributed by atoms with E-state index in [0.29, 0.717) is 18.7 Å². The number of aromatic nitrogens is 2. The van der Waals surface area contributed by atoms with Gasteiger partial charge >= 0.3 is 0 Å². The Morgan fingerprint density at radius 1 is 1.56 bits per heavy atom. The first-order valence-corrected chi connectivity index (χ1v) is 6.21. The largest absolute Gasteiger partial charge is 0.351 e. The average molecular weight is 253 g/mol. The summed E-state index contributed by atoms with van der Waals surface area (Å²) in [6.07, 6.45) is 2.49. The minimum Gasteiger partial charge on any atom is -0.351 e. The maximum atomic E-state index is 11.9. The summed E-state index contributed by atoms with van der Waals surface area (Å²) in [6, 6.07) is 0. The Morgan fingerprint density at radius 3 is 2.89 bits per heavy atom. The number of aryl methyl sites for hydroxylation is 1. The molecule has 0 spiro atoms. The van der Waals surface area contributed by atoms with E-state index < -0.39 is 0 Å². The molecule has 0 bridgehead atoms. The molecule has 6 nitrogen and oxygen atoms in total. The van der Waals surface area contributed by atoms with Gasteiger partial charge in [0.15, 0.2) is 0 Å². The van der Waals surface area contributed by atoms with Gasteiger partial charge in [-0.3, -0.25) is 9.48 Å². The molecule has 0 aliphatic heterocycles. The smallest absolute Gasteiger partial charge is 0.254 e. The maximum Gasteiger partial charge on any atom is 0.254 e. The third-order valence-electron chi connectivity index (χ3n) is 2.77. The summed E-state index contributed by atoms with van der Waals surface area (Å²) >= 11 is 0. The molecule has 1 rings (SSSR count). The van der Waals surface area contributed by atoms with Crippen molar-refractivity contribution in [3.8, 4) is 0 Å². The summed E-state index contributed by atoms with van der Waals surface area (Å²) in [5.74, 6) is -0.0617. The van der Waals surface area contributed by atoms with Gasteiger partial charge in [-0.2, -0.15) is 5.10 Å². The minimum atomic E-state index is -0.0617. The SMILES string of the molecule is Cc1c(C(=O)NCCN(C)C)cnn1CCCN. The molecule has 102 valence electrons. The zero-order valence-corrected chi connectivity index (χ0v) is 11.4. The molecule has 0 aliphatic rings. The van der Waals surface area contributed by atoms with Crippen molar-refractivity contribution in [2.45, 2.75) is 19.9 Å². The molecule has 1 aromatic heterocycles. The van der Waals surface area contributed by atoms with E-state index in [1.807, 2.05) is 30.6 Å². The number of rotatable bonds is 7. The molecule has 1 aromatic rings. The summed E-state index contributed by atoms with van der Waals surface area (Å²) in [6.45, 7) is 4.76. The summed E-state index contributed by atoms with van der Waals surface area (Å²) in [7, 11) is 3.95. The van der Waals surface area contributed by atoms with Crippen LogP contribution >= 0.6 is 0 Å². The second-order valence-corrected chi connectivity index (χ2v) is 4.57. The molecule has 18 heavy (non-hydrogen) atoms. The van der Waals surface area contributed by atoms with Crippen LogP contribution in [0.2, 0.25) is 0 Å². The molecule has 0 radical (unpaired) electrons. The van der Waals surface area contributed by atoms with E-state index in [1.165, 1.54) is 0 Å². The minimum absolute atomic E-state index is 0.0617. The second-order valence-electron chi connectivity index (χ2n) is 4.57. The average Bonchev–Trinajstić information content (AvgIpc) is 2.67. The molecule has 1 heterocycles. The van der Waals surface area contributed by atoms with Crippen LogP contribution in [0.1, 0.15) is 22.5 Å². The van der Waals surface area contributed by atoms with Gasteiger partial charge < -0.3 is 16.0 Å². The van der Waals surface area contributed by atoms with Crippen molar-refractivity contribution in [1.29, 1.82) is 0 Å². The highest BCUT2D eigenvalue weighted by atomic mass is 16.1. The Balaban J connectivity index is 2.55. The van der Waals surface area contributed by atoms with Crippen LogP contribution in [0.25, 0.3) is 0 Å². The molecule has 3 N–H and O–H groups in total. The van der Waals surface area contributed by atoms with Crippen LogP contribution in [0.15, 0.2) is 6.20 Å². The van der Waals surface area contributed by atoms with Crippen LogP contribution in [0.5, 0.6) is 0 Å². The van der Waals surface area contributed by atoms with Gasteiger partial charge in [-0.05, 0) is 34.0 Å². The van der Waals surface area contributed by atoms with E-state index in [-0.39, 0.29) is 5.91 Å². The molecule has 0 fully saturated rings. The number of nitrogens with one attached hydrogen (secondary N) is 1. The number of likely N-dealkylation sites (N-methyl/N-ethyl adjacent to an activating group) is 1. The highest BCUT2D eigenvalue weighted by Crippen LogP contribution is 2.07. The first-order chi connectivity index (χ1) is 8.56. The van der Waals surface area contributed by atoms with Crippen molar-refractivity contribution >= 4 is 5.91 Å². The predicted octanol–water partition coefficient (Wildman–Crippen LogP) is -0.168. The normalized spacial score (nSPS) is 10.9. The van der Waals surface area contributed by atoms with Crippen LogP contribution in [0.3, 0.4) is 0 Å². The summed E-state index contributed by atoms with van der Waals surface area (Å²) in [5, 5.41) is 7.09. The van der Waals surface area contributed by atoms with Crippen molar-refractivity contribution in [2.75, 3.05) is 33.7 Å². The van der Waals surface area contributed by atoms with Gasteiger partial charge in [-0.25, -0.2) is 0 Å². The molecular formula is C12H23N5O. The lowest BCUT2D eigenvalue weighted by atomic mass is 10.2. The highest BCUT2D eigenvalue weighted by Gasteiger charge is 2.13. The fraction of sp³-hybridized carbons (Fsp3) is 0.667. The van der Waals surface area contributed by atoms with Gasteiger partial charge in [-0.1, -0.05) is 0 Å². The first kappa shape index (κ1) is 14.7. The van der Waals surface area contributed by atoms with Gasteiger partial charge in [-0.15, -0.1) is 0 Å². The van der Waals surface area contributed by atoms with E-state index in [1.54, 1.807) is 6.20 Å². The summed E-state index contributed by atoms with van der Waals surface area (Å²) in [4.78, 5) is 14.0. The van der Waals surface area contributed by atoms with Crippen LogP contribution in [-0.2, 0) is 6.54 Å². The fourth-order valence-electron chi connectivity index (χ4n) is 1.62. The zero-order chi connectivity index (χ0) is 13.5. The number of carbonyl (C=O) groups excluding carboxylic acids is 1. The molecule has 0 saturated carbocycles. The molecule has 0 saturated heterocycles. The Kier molecular flexibility index (Phi) is 5.80. The third-order valence-corrected chi connectivity index (χ3v) is 2.77. The van der Waals surface area contributed by atoms with Crippen LogP contribution < -0.4 is 11.1 Å². The van der Waals surface area contributed by atoms with E-state index in [9.17, 15) is 4.79 Å². The first-order valence-electron chi connectivity index (χ1n) is 6.21. The monoisotopic (exact) mass is 253 g/mol. The van der Waals surface area contributed by atoms with Crippen molar-refractivity contribution in [3.05, 3.63) is 17.5 Å². The highest BCUT2D eigenvalue weighted by molar-refractivity contribution is 5.95. The predicted molar refractivity (Wildman–Crippen MR) is 71.5 cm³/mol. The van der Waals surface area contributed by atoms with Gasteiger partial charge in [0.1, 0.15) is 0 Å². The molecule has 1 amide bonds. The lowest BCUT2D eigenvalue weighted by molar-refractivity contribution is 0.0950. The number of hydrogen-bond donors (Lipinski definition) is 2. The number of carbonyl (C=O) groups is 1. The second kappa shape index (κ2) is 7.13. The van der Waals surface area contributed by atoms with E-state index in [4.69, 9.17) is 5.73 Å². The third kappa shape index (κ3) is 4.12. The molecule has 0 aliphatic carbocycles. The summed E-state index contributed by atoms with van der Waals surface area (Å²) in [5.41, 5.74) is 7.00. The van der Waals surface area contributed by atoms with Crippen molar-refractivity contribution < 1.29 is 4.79 Å².